The average Bonchev–Trinajstić information content (AvgIpc) is 3.24. The van der Waals surface area contributed by atoms with Crippen LogP contribution in [0, 0.1) is 11.8 Å². The molecule has 0 saturated heterocycles. The first-order chi connectivity index (χ1) is 27.8. The fourth-order valence-electron chi connectivity index (χ4n) is 7.40. The van der Waals surface area contributed by atoms with Crippen molar-refractivity contribution in [3.8, 4) is 0 Å². The number of nitrogens with zero attached hydrogens (tertiary/aromatic N) is 1. The van der Waals surface area contributed by atoms with Crippen molar-refractivity contribution in [2.75, 3.05) is 11.5 Å². The highest BCUT2D eigenvalue weighted by Gasteiger charge is 2.46. The van der Waals surface area contributed by atoms with E-state index < -0.39 is 72.2 Å². The first-order valence-electron chi connectivity index (χ1n) is 21.0. The van der Waals surface area contributed by atoms with Gasteiger partial charge in [0.25, 0.3) is 11.8 Å². The number of amides is 4. The van der Waals surface area contributed by atoms with Gasteiger partial charge in [-0.15, -0.1) is 0 Å². The van der Waals surface area contributed by atoms with Gasteiger partial charge in [-0.05, 0) is 48.6 Å². The quantitative estimate of drug-likeness (QED) is 0.0947. The lowest BCUT2D eigenvalue weighted by atomic mass is 9.95. The topological polar surface area (TPSA) is 181 Å². The molecule has 0 radical (unpaired) electrons. The molecule has 14 heteroatoms. The smallest absolute Gasteiger partial charge is 0.408 e. The van der Waals surface area contributed by atoms with Gasteiger partial charge in [-0.3, -0.25) is 14.5 Å². The van der Waals surface area contributed by atoms with Gasteiger partial charge in [0.1, 0.15) is 31.4 Å². The highest BCUT2D eigenvalue weighted by Crippen LogP contribution is 2.32. The highest BCUT2D eigenvalue weighted by molar-refractivity contribution is 8.00. The Kier molecular flexibility index (Phi) is 20.2. The van der Waals surface area contributed by atoms with Crippen LogP contribution < -0.4 is 16.4 Å². The molecule has 2 aromatic rings. The maximum absolute atomic E-state index is 15.0. The molecule has 2 fully saturated rings. The molecule has 0 heterocycles. The molecule has 2 aliphatic carbocycles. The molecule has 0 aliphatic heterocycles. The van der Waals surface area contributed by atoms with E-state index in [1.807, 2.05) is 60.7 Å². The van der Waals surface area contributed by atoms with E-state index in [0.717, 1.165) is 73.8 Å². The number of nitrogens with one attached hydrogen (secondary N) is 2. The number of ether oxygens (including phenoxy) is 2. The van der Waals surface area contributed by atoms with E-state index in [1.165, 1.54) is 6.42 Å². The van der Waals surface area contributed by atoms with Crippen LogP contribution in [0.25, 0.3) is 0 Å². The number of imide groups is 1. The summed E-state index contributed by atoms with van der Waals surface area (Å²) < 4.78 is 11.0. The molecule has 58 heavy (non-hydrogen) atoms. The van der Waals surface area contributed by atoms with Crippen molar-refractivity contribution >= 4 is 47.5 Å². The number of benzene rings is 2. The SMILES string of the molecule is CC(C)[C@H](NC(=O)OCc1ccccc1)C(=O)N(C(=O)[C@@H](NC(=O)OCc1ccccc1)C(C)C)[C@@H](CSC1CCCCC1)[C@@H](O)[C@H](O)[C@@H](N)CSC1CCCCC1. The molecule has 6 atom stereocenters. The fraction of sp³-hybridized carbons (Fsp3) is 0.636. The van der Waals surface area contributed by atoms with E-state index in [9.17, 15) is 19.8 Å². The van der Waals surface area contributed by atoms with Gasteiger partial charge >= 0.3 is 12.2 Å². The highest BCUT2D eigenvalue weighted by atomic mass is 32.2. The summed E-state index contributed by atoms with van der Waals surface area (Å²) in [6, 6.07) is 13.6. The monoisotopic (exact) mass is 842 g/mol. The zero-order valence-electron chi connectivity index (χ0n) is 34.6. The van der Waals surface area contributed by atoms with E-state index >= 15 is 9.59 Å². The van der Waals surface area contributed by atoms with Crippen LogP contribution in [0.15, 0.2) is 60.7 Å². The molecule has 4 amide bonds. The minimum atomic E-state index is -1.64. The van der Waals surface area contributed by atoms with Crippen LogP contribution in [0.2, 0.25) is 0 Å². The van der Waals surface area contributed by atoms with E-state index in [4.69, 9.17) is 15.2 Å². The molecule has 0 aromatic heterocycles. The second kappa shape index (κ2) is 24.7. The molecule has 0 unspecified atom stereocenters. The summed E-state index contributed by atoms with van der Waals surface area (Å²) in [6.07, 6.45) is 5.92. The largest absolute Gasteiger partial charge is 0.445 e. The number of thioether (sulfide) groups is 2. The molecule has 12 nitrogen and oxygen atoms in total. The van der Waals surface area contributed by atoms with Crippen molar-refractivity contribution in [1.82, 2.24) is 15.5 Å². The summed E-state index contributed by atoms with van der Waals surface area (Å²) in [6.45, 7) is 6.85. The van der Waals surface area contributed by atoms with Gasteiger partial charge in [0.05, 0.1) is 12.1 Å². The lowest BCUT2D eigenvalue weighted by Gasteiger charge is -2.41. The van der Waals surface area contributed by atoms with Crippen LogP contribution in [-0.2, 0) is 32.3 Å². The van der Waals surface area contributed by atoms with Gasteiger partial charge in [-0.1, -0.05) is 127 Å². The van der Waals surface area contributed by atoms with Gasteiger partial charge in [-0.25, -0.2) is 9.59 Å². The lowest BCUT2D eigenvalue weighted by molar-refractivity contribution is -0.156. The van der Waals surface area contributed by atoms with Crippen molar-refractivity contribution in [2.45, 2.75) is 152 Å². The first kappa shape index (κ1) is 47.4. The number of alkyl carbamates (subject to hydrolysis) is 2. The number of nitrogens with two attached hydrogens (primary N) is 1. The lowest BCUT2D eigenvalue weighted by Crippen LogP contribution is -2.65. The molecule has 0 spiro atoms. The summed E-state index contributed by atoms with van der Waals surface area (Å²) in [7, 11) is 0. The molecular formula is C44H66N4O8S2. The van der Waals surface area contributed by atoms with Crippen molar-refractivity contribution in [2.24, 2.45) is 17.6 Å². The Morgan fingerprint density at radius 2 is 1.05 bits per heavy atom. The molecule has 322 valence electrons. The van der Waals surface area contributed by atoms with E-state index in [2.05, 4.69) is 10.6 Å². The average molecular weight is 843 g/mol. The maximum Gasteiger partial charge on any atom is 0.408 e. The van der Waals surface area contributed by atoms with Crippen molar-refractivity contribution in [3.63, 3.8) is 0 Å². The summed E-state index contributed by atoms with van der Waals surface area (Å²) in [4.78, 5) is 57.6. The van der Waals surface area contributed by atoms with Gasteiger partial charge in [-0.2, -0.15) is 23.5 Å². The number of aliphatic hydroxyl groups excluding tert-OH is 2. The molecule has 6 N–H and O–H groups in total. The number of carbonyl (C=O) groups excluding carboxylic acids is 4. The Bertz CT molecular complexity index is 1460. The Hall–Kier alpha value is -3.30. The second-order valence-corrected chi connectivity index (χ2v) is 19.0. The molecule has 2 saturated carbocycles. The van der Waals surface area contributed by atoms with Crippen LogP contribution >= 0.6 is 23.5 Å². The van der Waals surface area contributed by atoms with Gasteiger partial charge in [0.2, 0.25) is 0 Å². The number of hydrogen-bond acceptors (Lipinski definition) is 11. The molecule has 4 rings (SSSR count). The summed E-state index contributed by atoms with van der Waals surface area (Å²) in [5, 5.41) is 29.9. The molecule has 0 bridgehead atoms. The van der Waals surface area contributed by atoms with Crippen molar-refractivity contribution < 1.29 is 38.9 Å². The minimum absolute atomic E-state index is 0.0406. The van der Waals surface area contributed by atoms with E-state index in [1.54, 1.807) is 51.2 Å². The predicted molar refractivity (Wildman–Crippen MR) is 231 cm³/mol. The third-order valence-corrected chi connectivity index (χ3v) is 14.0. The summed E-state index contributed by atoms with van der Waals surface area (Å²) in [5.41, 5.74) is 8.11. The van der Waals surface area contributed by atoms with Crippen LogP contribution in [0.4, 0.5) is 9.59 Å². The Labute approximate surface area is 353 Å². The number of hydrogen-bond donors (Lipinski definition) is 5. The number of aliphatic hydroxyl groups is 2. The Morgan fingerprint density at radius 3 is 1.45 bits per heavy atom. The van der Waals surface area contributed by atoms with Crippen LogP contribution in [0.1, 0.15) is 103 Å². The second-order valence-electron chi connectivity index (χ2n) is 16.3. The predicted octanol–water partition coefficient (Wildman–Crippen LogP) is 6.79. The van der Waals surface area contributed by atoms with Crippen LogP contribution in [-0.4, -0.2) is 97.5 Å². The molecule has 2 aliphatic rings. The van der Waals surface area contributed by atoms with Gasteiger partial charge < -0.3 is 36.1 Å². The fourth-order valence-corrected chi connectivity index (χ4v) is 10.2. The minimum Gasteiger partial charge on any atom is -0.445 e. The zero-order chi connectivity index (χ0) is 42.0. The van der Waals surface area contributed by atoms with Gasteiger partial charge in [0.15, 0.2) is 0 Å². The standard InChI is InChI=1S/C44H66N4O8S2/c1-29(2)37(46-43(53)55-25-31-17-9-5-10-18-31)41(51)48(42(52)38(30(3)4)47-44(54)56-26-32-19-11-6-12-20-32)36(28-58-34-23-15-8-16-24-34)40(50)39(49)35(45)27-57-33-21-13-7-14-22-33/h5-6,9-12,17-20,29-30,33-40,49-50H,7-8,13-16,21-28,45H2,1-4H3,(H,46,53)(H,47,54)/t35-,36-,37-,38-,39+,40+/m0/s1. The summed E-state index contributed by atoms with van der Waals surface area (Å²) >= 11 is 3.24. The van der Waals surface area contributed by atoms with E-state index in [-0.39, 0.29) is 24.2 Å². The maximum atomic E-state index is 15.0. The van der Waals surface area contributed by atoms with E-state index in [0.29, 0.717) is 11.0 Å². The molecule has 2 aromatic carbocycles. The first-order valence-corrected chi connectivity index (χ1v) is 23.1. The Morgan fingerprint density at radius 1 is 0.655 bits per heavy atom. The Balaban J connectivity index is 1.66. The molecular weight excluding hydrogens is 777 g/mol. The number of carbonyl (C=O) groups is 4. The third kappa shape index (κ3) is 15.1. The van der Waals surface area contributed by atoms with Crippen molar-refractivity contribution in [1.29, 1.82) is 0 Å². The van der Waals surface area contributed by atoms with Gasteiger partial charge in [0, 0.05) is 28.0 Å². The zero-order valence-corrected chi connectivity index (χ0v) is 36.3. The normalized spacial score (nSPS) is 18.4. The van der Waals surface area contributed by atoms with Crippen molar-refractivity contribution in [3.05, 3.63) is 71.8 Å². The van der Waals surface area contributed by atoms with Crippen LogP contribution in [0.3, 0.4) is 0 Å². The third-order valence-electron chi connectivity index (χ3n) is 11.0. The number of rotatable bonds is 20. The van der Waals surface area contributed by atoms with Crippen LogP contribution in [0.5, 0.6) is 0 Å². The summed E-state index contributed by atoms with van der Waals surface area (Å²) in [5.74, 6) is -2.16.